The lowest BCUT2D eigenvalue weighted by molar-refractivity contribution is 0.253. The molecule has 2 rings (SSSR count). The molecule has 90 valence electrons. The first-order valence-corrected chi connectivity index (χ1v) is 6.27. The molecule has 0 spiro atoms. The average molecular weight is 246 g/mol. The van der Waals surface area contributed by atoms with Gasteiger partial charge in [-0.15, -0.1) is 10.9 Å². The van der Waals surface area contributed by atoms with Crippen LogP contribution in [0.3, 0.4) is 0 Å². The van der Waals surface area contributed by atoms with E-state index in [0.29, 0.717) is 17.6 Å². The second-order valence-corrected chi connectivity index (χ2v) is 5.15. The smallest absolute Gasteiger partial charge is 0.119 e. The number of phenols is 1. The molecular weight excluding hydrogens is 231 g/mol. The van der Waals surface area contributed by atoms with E-state index in [9.17, 15) is 5.11 Å². The first-order valence-electron chi connectivity index (χ1n) is 6.27. The Kier molecular flexibility index (Phi) is 4.07. The summed E-state index contributed by atoms with van der Waals surface area (Å²) in [4.78, 5) is 2.17. The Bertz CT molecular complexity index is 480. The highest BCUT2D eigenvalue weighted by Gasteiger charge is 2.28. The highest BCUT2D eigenvalue weighted by atomic mass is 16.3. The van der Waals surface area contributed by atoms with Gasteiger partial charge in [0.1, 0.15) is 37.1 Å². The quantitative estimate of drug-likeness (QED) is 0.532. The van der Waals surface area contributed by atoms with Crippen molar-refractivity contribution < 1.29 is 5.11 Å². The second kappa shape index (κ2) is 5.29. The molecule has 1 saturated heterocycles. The molecule has 0 aromatic heterocycles. The van der Waals surface area contributed by atoms with Crippen LogP contribution in [0.1, 0.15) is 18.9 Å². The number of phenolic OH excluding ortho intramolecular Hbond substituents is 1. The Morgan fingerprint density at radius 1 is 1.16 bits per heavy atom. The van der Waals surface area contributed by atoms with E-state index in [4.69, 9.17) is 37.1 Å². The Morgan fingerprint density at radius 2 is 1.79 bits per heavy atom. The predicted octanol–water partition coefficient (Wildman–Crippen LogP) is -3.51. The van der Waals surface area contributed by atoms with Crippen molar-refractivity contribution in [2.75, 3.05) is 6.54 Å². The van der Waals surface area contributed by atoms with Gasteiger partial charge in [0, 0.05) is 25.2 Å². The molecule has 0 amide bonds. The molecule has 3 nitrogen and oxygen atoms in total. The van der Waals surface area contributed by atoms with Crippen LogP contribution >= 0.6 is 0 Å². The molecule has 3 N–H and O–H groups in total. The van der Waals surface area contributed by atoms with Crippen LogP contribution in [0.5, 0.6) is 5.75 Å². The van der Waals surface area contributed by atoms with E-state index in [2.05, 4.69) is 11.8 Å². The number of hydrogen-bond donors (Lipinski definition) is 2. The van der Waals surface area contributed by atoms with E-state index in [1.54, 1.807) is 0 Å². The van der Waals surface area contributed by atoms with Crippen molar-refractivity contribution in [2.45, 2.75) is 32.0 Å². The SMILES string of the molecule is [B]c1c([B])c(O)c([B])c(CN2CC[C@@H](N)[C@H]2C)c1[B]. The van der Waals surface area contributed by atoms with Crippen LogP contribution in [-0.4, -0.2) is 60.0 Å². The van der Waals surface area contributed by atoms with Crippen LogP contribution in [0, 0.1) is 0 Å². The summed E-state index contributed by atoms with van der Waals surface area (Å²) < 4.78 is 0. The van der Waals surface area contributed by atoms with Crippen molar-refractivity contribution in [1.29, 1.82) is 0 Å². The predicted molar refractivity (Wildman–Crippen MR) is 82.1 cm³/mol. The van der Waals surface area contributed by atoms with E-state index in [1.165, 1.54) is 0 Å². The van der Waals surface area contributed by atoms with Crippen LogP contribution in [0.25, 0.3) is 0 Å². The van der Waals surface area contributed by atoms with Crippen molar-refractivity contribution >= 4 is 53.2 Å². The van der Waals surface area contributed by atoms with Gasteiger partial charge in [-0.05, 0) is 18.9 Å². The van der Waals surface area contributed by atoms with Crippen LogP contribution < -0.4 is 27.6 Å². The van der Waals surface area contributed by atoms with Crippen molar-refractivity contribution in [3.8, 4) is 5.75 Å². The molecule has 0 bridgehead atoms. The van der Waals surface area contributed by atoms with Crippen LogP contribution in [0.15, 0.2) is 0 Å². The Labute approximate surface area is 119 Å². The molecule has 19 heavy (non-hydrogen) atoms. The molecular formula is C12H14B4N2O. The third-order valence-electron chi connectivity index (χ3n) is 4.05. The number of hydrogen-bond acceptors (Lipinski definition) is 3. The van der Waals surface area contributed by atoms with E-state index in [-0.39, 0.29) is 34.2 Å². The third kappa shape index (κ3) is 2.46. The molecule has 1 aliphatic heterocycles. The van der Waals surface area contributed by atoms with Gasteiger partial charge >= 0.3 is 0 Å². The molecule has 8 radical (unpaired) electrons. The van der Waals surface area contributed by atoms with Gasteiger partial charge in [-0.2, -0.15) is 0 Å². The number of nitrogens with zero attached hydrogens (tertiary/aromatic N) is 1. The first-order chi connectivity index (χ1) is 8.84. The molecule has 2 atom stereocenters. The lowest BCUT2D eigenvalue weighted by Crippen LogP contribution is -2.48. The molecule has 0 unspecified atom stereocenters. The van der Waals surface area contributed by atoms with E-state index in [1.807, 2.05) is 0 Å². The fourth-order valence-corrected chi connectivity index (χ4v) is 2.50. The summed E-state index contributed by atoms with van der Waals surface area (Å²) in [6.45, 7) is 3.43. The van der Waals surface area contributed by atoms with Crippen molar-refractivity contribution in [2.24, 2.45) is 5.73 Å². The summed E-state index contributed by atoms with van der Waals surface area (Å²) >= 11 is 0. The minimum Gasteiger partial charge on any atom is -0.509 e. The van der Waals surface area contributed by atoms with Gasteiger partial charge in [-0.1, -0.05) is 10.9 Å². The lowest BCUT2D eigenvalue weighted by Gasteiger charge is -2.27. The fraction of sp³-hybridized carbons (Fsp3) is 0.500. The minimum absolute atomic E-state index is 0.0323. The molecule has 1 fully saturated rings. The number of nitrogens with two attached hydrogens (primary N) is 1. The lowest BCUT2D eigenvalue weighted by atomic mass is 9.66. The van der Waals surface area contributed by atoms with Crippen molar-refractivity contribution in [1.82, 2.24) is 4.90 Å². The number of likely N-dealkylation sites (tertiary alicyclic amines) is 1. The average Bonchev–Trinajstić information content (AvgIpc) is 2.71. The number of rotatable bonds is 2. The summed E-state index contributed by atoms with van der Waals surface area (Å²) in [5.74, 6) is -0.196. The molecule has 1 aromatic carbocycles. The zero-order valence-electron chi connectivity index (χ0n) is 11.1. The second-order valence-electron chi connectivity index (χ2n) is 5.15. The van der Waals surface area contributed by atoms with Crippen LogP contribution in [0.4, 0.5) is 0 Å². The molecule has 7 heteroatoms. The Morgan fingerprint density at radius 3 is 2.32 bits per heavy atom. The maximum Gasteiger partial charge on any atom is 0.119 e. The fourth-order valence-electron chi connectivity index (χ4n) is 2.50. The van der Waals surface area contributed by atoms with Crippen molar-refractivity contribution in [3.63, 3.8) is 0 Å². The van der Waals surface area contributed by atoms with E-state index >= 15 is 0 Å². The summed E-state index contributed by atoms with van der Waals surface area (Å²) in [6.07, 6.45) is 0.928. The van der Waals surface area contributed by atoms with Gasteiger partial charge in [0.05, 0.1) is 0 Å². The maximum absolute atomic E-state index is 9.86. The molecule has 1 aromatic rings. The monoisotopic (exact) mass is 246 g/mol. The topological polar surface area (TPSA) is 49.5 Å². The first kappa shape index (κ1) is 14.6. The minimum atomic E-state index is -0.196. The molecule has 0 saturated carbocycles. The maximum atomic E-state index is 9.86. The largest absolute Gasteiger partial charge is 0.509 e. The molecule has 0 aliphatic carbocycles. The number of benzene rings is 1. The summed E-state index contributed by atoms with van der Waals surface area (Å²) in [5.41, 5.74) is 7.34. The third-order valence-corrected chi connectivity index (χ3v) is 4.05. The summed E-state index contributed by atoms with van der Waals surface area (Å²) in [7, 11) is 23.3. The zero-order chi connectivity index (χ0) is 14.3. The van der Waals surface area contributed by atoms with Crippen molar-refractivity contribution in [3.05, 3.63) is 5.56 Å². The molecule has 1 heterocycles. The zero-order valence-corrected chi connectivity index (χ0v) is 11.1. The highest BCUT2D eigenvalue weighted by Crippen LogP contribution is 2.18. The van der Waals surface area contributed by atoms with Gasteiger partial charge in [0.2, 0.25) is 0 Å². The normalized spacial score (nSPS) is 23.9. The van der Waals surface area contributed by atoms with Gasteiger partial charge in [0.25, 0.3) is 0 Å². The van der Waals surface area contributed by atoms with Gasteiger partial charge in [-0.3, -0.25) is 4.90 Å². The molecule has 1 aliphatic rings. The van der Waals surface area contributed by atoms with E-state index in [0.717, 1.165) is 13.0 Å². The summed E-state index contributed by atoms with van der Waals surface area (Å²) in [6, 6.07) is 0.377. The van der Waals surface area contributed by atoms with Crippen LogP contribution in [-0.2, 0) is 6.54 Å². The van der Waals surface area contributed by atoms with Gasteiger partial charge in [0.15, 0.2) is 0 Å². The van der Waals surface area contributed by atoms with Gasteiger partial charge < -0.3 is 10.8 Å². The number of aromatic hydroxyl groups is 1. The Hall–Kier alpha value is -0.800. The standard InChI is InChI=1S/C12H14B4N2O/c1-5-7(17)2-3-18(5)4-6-8(13)10(15)11(16)12(19)9(6)14/h5,7,19H,2-4,17H2,1H3/t5-,7-/m1/s1. The van der Waals surface area contributed by atoms with E-state index < -0.39 is 0 Å². The Balaban J connectivity index is 2.36. The van der Waals surface area contributed by atoms with Crippen LogP contribution in [0.2, 0.25) is 0 Å². The summed E-state index contributed by atoms with van der Waals surface area (Å²) in [5, 5.41) is 9.86. The highest BCUT2D eigenvalue weighted by molar-refractivity contribution is 6.60. The van der Waals surface area contributed by atoms with Gasteiger partial charge in [-0.25, -0.2) is 0 Å².